The average Bonchev–Trinajstić information content (AvgIpc) is 3.25. The number of aliphatic hydroxyl groups is 1. The smallest absolute Gasteiger partial charge is 0.237 e. The molecule has 2 aromatic rings. The number of fused-ring (bicyclic) bond motifs is 1. The summed E-state index contributed by atoms with van der Waals surface area (Å²) in [6.07, 6.45) is 3.69. The lowest BCUT2D eigenvalue weighted by Crippen LogP contribution is -2.48. The van der Waals surface area contributed by atoms with Crippen molar-refractivity contribution in [2.24, 2.45) is 5.92 Å². The molecule has 3 rings (SSSR count). The second-order valence-electron chi connectivity index (χ2n) is 9.38. The monoisotopic (exact) mass is 470 g/mol. The maximum absolute atomic E-state index is 13.5. The number of benzene rings is 1. The first-order chi connectivity index (χ1) is 15.9. The zero-order valence-electron chi connectivity index (χ0n) is 20.2. The molecule has 0 spiro atoms. The molecule has 1 N–H and O–H groups in total. The van der Waals surface area contributed by atoms with Gasteiger partial charge < -0.3 is 14.7 Å². The molecule has 1 aromatic carbocycles. The molecule has 0 aliphatic carbocycles. The fraction of sp³-hybridized carbons (Fsp3) is 0.519. The summed E-state index contributed by atoms with van der Waals surface area (Å²) in [5.41, 5.74) is 2.39. The second-order valence-corrected chi connectivity index (χ2v) is 10.4. The molecule has 0 unspecified atom stereocenters. The number of ether oxygens (including phenoxy) is 1. The van der Waals surface area contributed by atoms with Gasteiger partial charge in [0, 0.05) is 24.5 Å². The van der Waals surface area contributed by atoms with E-state index in [1.54, 1.807) is 11.3 Å². The van der Waals surface area contributed by atoms with E-state index in [9.17, 15) is 9.90 Å². The number of allylic oxidation sites excluding steroid dienone is 1. The maximum atomic E-state index is 13.5. The van der Waals surface area contributed by atoms with Crippen LogP contribution in [-0.4, -0.2) is 59.7 Å². The summed E-state index contributed by atoms with van der Waals surface area (Å²) < 4.78 is 6.13. The molecule has 1 aliphatic heterocycles. The molecular formula is C27H38N2O3S. The summed E-state index contributed by atoms with van der Waals surface area (Å²) in [6, 6.07) is 10.1. The van der Waals surface area contributed by atoms with Crippen LogP contribution in [0.5, 0.6) is 5.75 Å². The van der Waals surface area contributed by atoms with Gasteiger partial charge in [-0.1, -0.05) is 37.6 Å². The molecule has 2 atom stereocenters. The Balaban J connectivity index is 1.70. The number of aryl methyl sites for hydroxylation is 1. The van der Waals surface area contributed by atoms with E-state index in [0.717, 1.165) is 25.1 Å². The Hall–Kier alpha value is -2.15. The molecule has 1 aliphatic rings. The summed E-state index contributed by atoms with van der Waals surface area (Å²) >= 11 is 1.76. The molecule has 0 saturated heterocycles. The highest BCUT2D eigenvalue weighted by molar-refractivity contribution is 7.10. The third-order valence-corrected chi connectivity index (χ3v) is 7.00. The van der Waals surface area contributed by atoms with Gasteiger partial charge in [-0.25, -0.2) is 0 Å². The number of carbonyl (C=O) groups is 1. The third-order valence-electron chi connectivity index (χ3n) is 6.00. The van der Waals surface area contributed by atoms with Crippen LogP contribution in [0.15, 0.2) is 48.4 Å². The van der Waals surface area contributed by atoms with Gasteiger partial charge in [-0.05, 0) is 61.2 Å². The van der Waals surface area contributed by atoms with Gasteiger partial charge in [0.05, 0.1) is 18.7 Å². The minimum atomic E-state index is -0.458. The van der Waals surface area contributed by atoms with E-state index in [2.05, 4.69) is 43.7 Å². The van der Waals surface area contributed by atoms with Crippen LogP contribution in [0.2, 0.25) is 0 Å². The fourth-order valence-electron chi connectivity index (χ4n) is 4.39. The molecule has 0 saturated carbocycles. The lowest BCUT2D eigenvalue weighted by atomic mass is 10.00. The molecule has 0 bridgehead atoms. The number of nitrogens with zero attached hydrogens (tertiary/aromatic N) is 2. The molecule has 1 aromatic heterocycles. The molecule has 0 radical (unpaired) electrons. The largest absolute Gasteiger partial charge is 0.491 e. The van der Waals surface area contributed by atoms with Crippen LogP contribution in [-0.2, 0) is 11.2 Å². The van der Waals surface area contributed by atoms with Crippen molar-refractivity contribution in [1.29, 1.82) is 0 Å². The summed E-state index contributed by atoms with van der Waals surface area (Å²) in [6.45, 7) is 12.8. The number of hydrogen-bond acceptors (Lipinski definition) is 5. The molecular weight excluding hydrogens is 432 g/mol. The number of hydrogen-bond donors (Lipinski definition) is 1. The normalized spacial score (nSPS) is 16.7. The fourth-order valence-corrected chi connectivity index (χ4v) is 5.31. The zero-order chi connectivity index (χ0) is 23.8. The number of rotatable bonds is 12. The van der Waals surface area contributed by atoms with Crippen LogP contribution in [0.25, 0.3) is 0 Å². The summed E-state index contributed by atoms with van der Waals surface area (Å²) in [7, 11) is 0. The highest BCUT2D eigenvalue weighted by Gasteiger charge is 2.33. The lowest BCUT2D eigenvalue weighted by molar-refractivity contribution is -0.136. The van der Waals surface area contributed by atoms with E-state index in [4.69, 9.17) is 4.74 Å². The van der Waals surface area contributed by atoms with Crippen LogP contribution in [0.3, 0.4) is 0 Å². The van der Waals surface area contributed by atoms with E-state index in [-0.39, 0.29) is 11.9 Å². The Morgan fingerprint density at radius 3 is 2.76 bits per heavy atom. The van der Waals surface area contributed by atoms with Crippen molar-refractivity contribution >= 4 is 17.2 Å². The Morgan fingerprint density at radius 1 is 1.30 bits per heavy atom. The Bertz CT molecular complexity index is 893. The first kappa shape index (κ1) is 25.5. The Labute approximate surface area is 202 Å². The highest BCUT2D eigenvalue weighted by atomic mass is 32.1. The van der Waals surface area contributed by atoms with Crippen molar-refractivity contribution in [1.82, 2.24) is 9.80 Å². The van der Waals surface area contributed by atoms with Crippen LogP contribution in [0.4, 0.5) is 0 Å². The Morgan fingerprint density at radius 2 is 2.06 bits per heavy atom. The van der Waals surface area contributed by atoms with E-state index in [1.807, 2.05) is 35.2 Å². The van der Waals surface area contributed by atoms with Gasteiger partial charge in [-0.15, -0.1) is 17.9 Å². The van der Waals surface area contributed by atoms with E-state index >= 15 is 0 Å². The SMILES string of the molecule is C=CCC[C@@H](O)CN(CC(=O)N1CCc2sccc2[C@H]1COc1ccc(C)cc1)CC(C)C. The van der Waals surface area contributed by atoms with Gasteiger partial charge in [0.15, 0.2) is 0 Å². The van der Waals surface area contributed by atoms with Crippen molar-refractivity contribution in [2.45, 2.75) is 52.2 Å². The van der Waals surface area contributed by atoms with Gasteiger partial charge in [-0.3, -0.25) is 9.69 Å². The van der Waals surface area contributed by atoms with Crippen LogP contribution in [0, 0.1) is 12.8 Å². The van der Waals surface area contributed by atoms with Crippen molar-refractivity contribution in [3.8, 4) is 5.75 Å². The van der Waals surface area contributed by atoms with Crippen LogP contribution in [0.1, 0.15) is 48.7 Å². The minimum absolute atomic E-state index is 0.0969. The van der Waals surface area contributed by atoms with Crippen molar-refractivity contribution in [3.05, 3.63) is 64.4 Å². The predicted molar refractivity (Wildman–Crippen MR) is 136 cm³/mol. The van der Waals surface area contributed by atoms with Crippen molar-refractivity contribution < 1.29 is 14.6 Å². The van der Waals surface area contributed by atoms with Crippen LogP contribution < -0.4 is 4.74 Å². The number of thiophene rings is 1. The lowest BCUT2D eigenvalue weighted by Gasteiger charge is -2.37. The third kappa shape index (κ3) is 7.42. The molecule has 5 nitrogen and oxygen atoms in total. The van der Waals surface area contributed by atoms with E-state index < -0.39 is 6.10 Å². The first-order valence-corrected chi connectivity index (χ1v) is 12.8. The van der Waals surface area contributed by atoms with E-state index in [1.165, 1.54) is 16.0 Å². The Kier molecular flexibility index (Phi) is 9.53. The summed E-state index contributed by atoms with van der Waals surface area (Å²) in [5.74, 6) is 1.33. The maximum Gasteiger partial charge on any atom is 0.237 e. The van der Waals surface area contributed by atoms with Crippen LogP contribution >= 0.6 is 11.3 Å². The molecule has 33 heavy (non-hydrogen) atoms. The zero-order valence-corrected chi connectivity index (χ0v) is 21.0. The molecule has 2 heterocycles. The van der Waals surface area contributed by atoms with Crippen molar-refractivity contribution in [3.63, 3.8) is 0 Å². The molecule has 1 amide bonds. The highest BCUT2D eigenvalue weighted by Crippen LogP contribution is 2.34. The average molecular weight is 471 g/mol. The standard InChI is InChI=1S/C27H38N2O3S/c1-5-6-7-22(30)17-28(16-20(2)3)18-27(31)29-14-12-26-24(13-15-33-26)25(29)19-32-23-10-8-21(4)9-11-23/h5,8-11,13,15,20,22,25,30H,1,6-7,12,14,16-19H2,2-4H3/t22-,25-/m1/s1. The minimum Gasteiger partial charge on any atom is -0.491 e. The van der Waals surface area contributed by atoms with Gasteiger partial charge >= 0.3 is 0 Å². The van der Waals surface area contributed by atoms with Gasteiger partial charge in [-0.2, -0.15) is 0 Å². The second kappa shape index (κ2) is 12.4. The topological polar surface area (TPSA) is 53.0 Å². The summed E-state index contributed by atoms with van der Waals surface area (Å²) in [4.78, 5) is 18.9. The number of aliphatic hydroxyl groups excluding tert-OH is 1. The van der Waals surface area contributed by atoms with Crippen molar-refractivity contribution in [2.75, 3.05) is 32.8 Å². The molecule has 180 valence electrons. The molecule has 6 heteroatoms. The quantitative estimate of drug-likeness (QED) is 0.451. The predicted octanol–water partition coefficient (Wildman–Crippen LogP) is 4.85. The molecule has 0 fully saturated rings. The summed E-state index contributed by atoms with van der Waals surface area (Å²) in [5, 5.41) is 12.5. The number of amides is 1. The van der Waals surface area contributed by atoms with Gasteiger partial charge in [0.25, 0.3) is 0 Å². The first-order valence-electron chi connectivity index (χ1n) is 11.9. The number of carbonyl (C=O) groups excluding carboxylic acids is 1. The van der Waals surface area contributed by atoms with E-state index in [0.29, 0.717) is 38.6 Å². The van der Waals surface area contributed by atoms with Gasteiger partial charge in [0.1, 0.15) is 12.4 Å². The van der Waals surface area contributed by atoms with Gasteiger partial charge in [0.2, 0.25) is 5.91 Å².